The van der Waals surface area contributed by atoms with Gasteiger partial charge >= 0.3 is 6.18 Å². The molecule has 0 aliphatic carbocycles. The van der Waals surface area contributed by atoms with Crippen LogP contribution in [0.4, 0.5) is 76.4 Å². The number of hydrogen-bond acceptors (Lipinski definition) is 17. The Labute approximate surface area is 464 Å². The van der Waals surface area contributed by atoms with Crippen molar-refractivity contribution in [2.45, 2.75) is 6.18 Å². The number of nitrogens with one attached hydrogen (secondary N) is 4. The van der Waals surface area contributed by atoms with Crippen molar-refractivity contribution in [3.05, 3.63) is 190 Å². The van der Waals surface area contributed by atoms with Gasteiger partial charge in [0.1, 0.15) is 34.7 Å². The lowest BCUT2D eigenvalue weighted by atomic mass is 10.3. The Kier molecular flexibility index (Phi) is 19.4. The minimum absolute atomic E-state index is 0.157. The number of aromatic nitrogens is 8. The standard InChI is InChI=1S/C19H13ClF3N5O.C17H16ClN5O.C11H9Cl2N3O.C6H8N2/c1-29-15-7-6-11(10-12(15)20)25-16-8-9-24-18(27-16)28-14-5-3-2-4-13(14)26-17(28)19(21,22)23;1-24-15-7-6-11(10-12(15)18)21-16-8-9-20-17(23-16)22-14-5-3-2-4-13(14)19;1-17-9-3-2-7(6-8(9)12)15-10-4-5-14-11(13)16-10;7-5-3-1-2-4-6(5)8/h2-10H,1H3,(H,24,25,27);2-10H,19H2,1H3,(H2,20,21,22,23);2-6H,1H3,(H,14,15,16);1-4H,7-8H2. The highest BCUT2D eigenvalue weighted by molar-refractivity contribution is 6.33. The van der Waals surface area contributed by atoms with Gasteiger partial charge in [-0.15, -0.1) is 0 Å². The molecule has 0 saturated heterocycles. The molecule has 25 heteroatoms. The maximum atomic E-state index is 13.6. The van der Waals surface area contributed by atoms with E-state index in [-0.39, 0.29) is 22.3 Å². The molecule has 4 aromatic heterocycles. The second-order valence-electron chi connectivity index (χ2n) is 15.7. The van der Waals surface area contributed by atoms with Gasteiger partial charge in [-0.3, -0.25) is 4.57 Å². The molecule has 10 N–H and O–H groups in total. The van der Waals surface area contributed by atoms with Crippen LogP contribution in [-0.2, 0) is 6.18 Å². The summed E-state index contributed by atoms with van der Waals surface area (Å²) < 4.78 is 56.9. The van der Waals surface area contributed by atoms with E-state index in [1.54, 1.807) is 105 Å². The van der Waals surface area contributed by atoms with E-state index in [4.69, 9.17) is 77.8 Å². The minimum atomic E-state index is -4.67. The Bertz CT molecular complexity index is 3620. The van der Waals surface area contributed by atoms with Crippen LogP contribution in [0.1, 0.15) is 5.82 Å². The molecule has 0 radical (unpaired) electrons. The summed E-state index contributed by atoms with van der Waals surface area (Å²) in [6.07, 6.45) is -0.0786. The topological polar surface area (TPSA) is 249 Å². The molecule has 10 rings (SSSR count). The first kappa shape index (κ1) is 56.7. The van der Waals surface area contributed by atoms with Gasteiger partial charge in [0.15, 0.2) is 0 Å². The van der Waals surface area contributed by atoms with Crippen molar-refractivity contribution in [3.8, 4) is 23.2 Å². The van der Waals surface area contributed by atoms with Crippen LogP contribution >= 0.6 is 46.4 Å². The molecule has 0 saturated carbocycles. The molecule has 10 aromatic rings. The van der Waals surface area contributed by atoms with Gasteiger partial charge in [0.25, 0.3) is 0 Å². The van der Waals surface area contributed by atoms with E-state index >= 15 is 0 Å². The van der Waals surface area contributed by atoms with Crippen molar-refractivity contribution in [3.63, 3.8) is 0 Å². The van der Waals surface area contributed by atoms with Crippen LogP contribution in [0.5, 0.6) is 17.2 Å². The van der Waals surface area contributed by atoms with Gasteiger partial charge in [0.05, 0.1) is 70.2 Å². The van der Waals surface area contributed by atoms with Crippen LogP contribution in [-0.4, -0.2) is 60.8 Å². The smallest absolute Gasteiger partial charge is 0.450 e. The first-order valence-corrected chi connectivity index (χ1v) is 24.3. The molecule has 0 spiro atoms. The van der Waals surface area contributed by atoms with E-state index in [9.17, 15) is 13.2 Å². The van der Waals surface area contributed by atoms with Crippen molar-refractivity contribution in [1.29, 1.82) is 0 Å². The van der Waals surface area contributed by atoms with Gasteiger partial charge in [0, 0.05) is 35.7 Å². The van der Waals surface area contributed by atoms with Gasteiger partial charge in [-0.05, 0) is 121 Å². The number of para-hydroxylation sites is 6. The Hall–Kier alpha value is -9.02. The van der Waals surface area contributed by atoms with Crippen LogP contribution in [0.3, 0.4) is 0 Å². The Morgan fingerprint density at radius 1 is 0.474 bits per heavy atom. The van der Waals surface area contributed by atoms with Crippen LogP contribution < -0.4 is 52.7 Å². The van der Waals surface area contributed by atoms with Gasteiger partial charge < -0.3 is 52.7 Å². The molecule has 0 atom stereocenters. The fourth-order valence-electron chi connectivity index (χ4n) is 6.76. The quantitative estimate of drug-likeness (QED) is 0.0444. The predicted octanol–water partition coefficient (Wildman–Crippen LogP) is 13.8. The van der Waals surface area contributed by atoms with Crippen molar-refractivity contribution >= 4 is 121 Å². The second-order valence-corrected chi connectivity index (χ2v) is 17.3. The third-order valence-corrected chi connectivity index (χ3v) is 11.5. The molecule has 0 bridgehead atoms. The normalized spacial score (nSPS) is 10.6. The van der Waals surface area contributed by atoms with Crippen LogP contribution in [0.25, 0.3) is 17.0 Å². The number of nitrogen functional groups attached to an aromatic ring is 3. The van der Waals surface area contributed by atoms with E-state index < -0.39 is 12.0 Å². The summed E-state index contributed by atoms with van der Waals surface area (Å²) in [6.45, 7) is 0. The van der Waals surface area contributed by atoms with Crippen LogP contribution in [0.2, 0.25) is 20.4 Å². The minimum Gasteiger partial charge on any atom is -0.495 e. The van der Waals surface area contributed by atoms with Crippen LogP contribution in [0.15, 0.2) is 164 Å². The molecule has 0 aliphatic heterocycles. The number of benzene rings is 6. The zero-order chi connectivity index (χ0) is 55.8. The summed E-state index contributed by atoms with van der Waals surface area (Å²) in [6, 6.07) is 41.7. The highest BCUT2D eigenvalue weighted by Gasteiger charge is 2.38. The molecule has 4 heterocycles. The number of methoxy groups -OCH3 is 3. The third kappa shape index (κ3) is 15.5. The van der Waals surface area contributed by atoms with Crippen molar-refractivity contribution in [1.82, 2.24) is 39.5 Å². The number of imidazole rings is 1. The summed E-state index contributed by atoms with van der Waals surface area (Å²) in [4.78, 5) is 28.4. The predicted molar refractivity (Wildman–Crippen MR) is 304 cm³/mol. The van der Waals surface area contributed by atoms with Gasteiger partial charge in [-0.1, -0.05) is 71.2 Å². The fourth-order valence-corrected chi connectivity index (χ4v) is 7.68. The molecule has 78 heavy (non-hydrogen) atoms. The Balaban J connectivity index is 0.000000162. The number of fused-ring (bicyclic) bond motifs is 1. The van der Waals surface area contributed by atoms with E-state index in [0.29, 0.717) is 78.5 Å². The Morgan fingerprint density at radius 3 is 1.40 bits per heavy atom. The first-order valence-electron chi connectivity index (χ1n) is 22.7. The maximum absolute atomic E-state index is 13.6. The first-order chi connectivity index (χ1) is 37.5. The highest BCUT2D eigenvalue weighted by atomic mass is 35.5. The lowest BCUT2D eigenvalue weighted by molar-refractivity contribution is -0.145. The summed E-state index contributed by atoms with van der Waals surface area (Å²) in [5.74, 6) is 2.46. The highest BCUT2D eigenvalue weighted by Crippen LogP contribution is 2.35. The average Bonchev–Trinajstić information content (AvgIpc) is 3.96. The largest absolute Gasteiger partial charge is 0.495 e. The van der Waals surface area contributed by atoms with E-state index in [2.05, 4.69) is 56.2 Å². The number of nitrogens with zero attached hydrogens (tertiary/aromatic N) is 8. The fraction of sp³-hybridized carbons (Fsp3) is 0.0755. The SMILES string of the molecule is COc1ccc(Nc2ccnc(-n3c(C(F)(F)F)nc4ccccc43)n2)cc1Cl.COc1ccc(Nc2ccnc(Cl)n2)cc1Cl.COc1ccc(Nc2ccnc(Nc3ccccc3N)n2)cc1Cl.Nc1ccccc1N. The molecule has 400 valence electrons. The van der Waals surface area contributed by atoms with E-state index in [1.165, 1.54) is 31.5 Å². The lowest BCUT2D eigenvalue weighted by Crippen LogP contribution is -2.15. The third-order valence-electron chi connectivity index (χ3n) is 10.4. The molecule has 18 nitrogen and oxygen atoms in total. The number of rotatable bonds is 12. The summed E-state index contributed by atoms with van der Waals surface area (Å²) in [5.41, 5.74) is 22.0. The van der Waals surface area contributed by atoms with Gasteiger partial charge in [-0.25, -0.2) is 24.9 Å². The summed E-state index contributed by atoms with van der Waals surface area (Å²) >= 11 is 23.9. The van der Waals surface area contributed by atoms with E-state index in [1.807, 2.05) is 48.5 Å². The molecule has 0 aliphatic rings. The van der Waals surface area contributed by atoms with Crippen molar-refractivity contribution in [2.24, 2.45) is 0 Å². The average molecular weight is 1140 g/mol. The molecule has 6 aromatic carbocycles. The van der Waals surface area contributed by atoms with Gasteiger partial charge in [0.2, 0.25) is 23.0 Å². The van der Waals surface area contributed by atoms with Crippen molar-refractivity contribution in [2.75, 3.05) is 59.8 Å². The molecular formula is C53H46Cl4F3N15O3. The molecular weight excluding hydrogens is 1090 g/mol. The molecule has 0 amide bonds. The zero-order valence-corrected chi connectivity index (χ0v) is 44.3. The monoisotopic (exact) mass is 1140 g/mol. The zero-order valence-electron chi connectivity index (χ0n) is 41.3. The number of hydrogen-bond donors (Lipinski definition) is 7. The molecule has 0 unspecified atom stereocenters. The number of anilines is 11. The number of ether oxygens (including phenoxy) is 3. The van der Waals surface area contributed by atoms with Gasteiger partial charge in [-0.2, -0.15) is 23.1 Å². The number of halogens is 7. The number of nitrogens with two attached hydrogens (primary N) is 3. The van der Waals surface area contributed by atoms with Crippen molar-refractivity contribution < 1.29 is 27.4 Å². The Morgan fingerprint density at radius 2 is 0.923 bits per heavy atom. The number of alkyl halides is 3. The summed E-state index contributed by atoms with van der Waals surface area (Å²) in [5, 5.41) is 13.9. The molecule has 0 fully saturated rings. The second kappa shape index (κ2) is 26.6. The maximum Gasteiger partial charge on any atom is 0.450 e. The van der Waals surface area contributed by atoms with E-state index in [0.717, 1.165) is 21.6 Å². The lowest BCUT2D eigenvalue weighted by Gasteiger charge is -2.12. The van der Waals surface area contributed by atoms with Crippen LogP contribution in [0, 0.1) is 0 Å². The summed E-state index contributed by atoms with van der Waals surface area (Å²) in [7, 11) is 4.64.